The summed E-state index contributed by atoms with van der Waals surface area (Å²) in [6.45, 7) is 3.34. The molecule has 0 aromatic rings. The average Bonchev–Trinajstić information content (AvgIpc) is 3.18. The number of aliphatic hydroxyl groups is 1. The Morgan fingerprint density at radius 2 is 1.67 bits per heavy atom. The van der Waals surface area contributed by atoms with Crippen LogP contribution in [0.2, 0.25) is 0 Å². The van der Waals surface area contributed by atoms with Gasteiger partial charge in [-0.15, -0.1) is 0 Å². The minimum atomic E-state index is 0.176. The van der Waals surface area contributed by atoms with Crippen molar-refractivity contribution in [2.75, 3.05) is 33.4 Å². The summed E-state index contributed by atoms with van der Waals surface area (Å²) in [4.78, 5) is 0. The molecule has 2 N–H and O–H groups in total. The number of aliphatic hydroxyl groups excluding tert-OH is 1. The first kappa shape index (κ1) is 14.3. The number of methoxy groups -OCH3 is 1. The molecule has 0 aliphatic heterocycles. The molecule has 2 aliphatic carbocycles. The Balaban J connectivity index is 1.70. The van der Waals surface area contributed by atoms with Crippen LogP contribution in [0.4, 0.5) is 0 Å². The largest absolute Gasteiger partial charge is 0.396 e. The maximum absolute atomic E-state index is 9.67. The van der Waals surface area contributed by atoms with Crippen LogP contribution in [0.3, 0.4) is 0 Å². The summed E-state index contributed by atoms with van der Waals surface area (Å²) in [7, 11) is 1.78. The number of hydrogen-bond donors (Lipinski definition) is 2. The van der Waals surface area contributed by atoms with E-state index >= 15 is 0 Å². The van der Waals surface area contributed by atoms with E-state index in [4.69, 9.17) is 4.74 Å². The second kappa shape index (κ2) is 6.36. The molecule has 2 saturated carbocycles. The molecule has 0 bridgehead atoms. The first-order chi connectivity index (χ1) is 8.74. The summed E-state index contributed by atoms with van der Waals surface area (Å²) in [6, 6.07) is 0. The number of hydrogen-bond acceptors (Lipinski definition) is 3. The van der Waals surface area contributed by atoms with Crippen LogP contribution >= 0.6 is 0 Å². The highest BCUT2D eigenvalue weighted by Crippen LogP contribution is 2.48. The smallest absolute Gasteiger partial charge is 0.0499 e. The van der Waals surface area contributed by atoms with E-state index in [1.165, 1.54) is 51.4 Å². The second-order valence-electron chi connectivity index (χ2n) is 6.57. The molecule has 3 nitrogen and oxygen atoms in total. The van der Waals surface area contributed by atoms with Gasteiger partial charge in [-0.25, -0.2) is 0 Å². The first-order valence-corrected chi connectivity index (χ1v) is 7.55. The third-order valence-corrected chi connectivity index (χ3v) is 5.04. The van der Waals surface area contributed by atoms with Crippen molar-refractivity contribution in [3.05, 3.63) is 0 Å². The zero-order valence-corrected chi connectivity index (χ0v) is 11.8. The molecule has 2 fully saturated rings. The van der Waals surface area contributed by atoms with E-state index in [1.807, 2.05) is 0 Å². The van der Waals surface area contributed by atoms with Gasteiger partial charge in [-0.05, 0) is 37.5 Å². The molecule has 18 heavy (non-hydrogen) atoms. The van der Waals surface area contributed by atoms with Crippen molar-refractivity contribution < 1.29 is 9.84 Å². The molecule has 2 rings (SSSR count). The predicted octanol–water partition coefficient (Wildman–Crippen LogP) is 2.34. The second-order valence-corrected chi connectivity index (χ2v) is 6.57. The van der Waals surface area contributed by atoms with Crippen LogP contribution in [0, 0.1) is 10.8 Å². The van der Waals surface area contributed by atoms with Gasteiger partial charge in [0.1, 0.15) is 0 Å². The summed E-state index contributed by atoms with van der Waals surface area (Å²) in [5.74, 6) is 0. The molecular formula is C15H29NO2. The van der Waals surface area contributed by atoms with E-state index in [-0.39, 0.29) is 5.41 Å². The normalized spacial score (nSPS) is 25.0. The van der Waals surface area contributed by atoms with Gasteiger partial charge in [-0.3, -0.25) is 0 Å². The Morgan fingerprint density at radius 3 is 2.22 bits per heavy atom. The Hall–Kier alpha value is -0.120. The molecule has 3 heteroatoms. The standard InChI is InChI=1S/C15H29NO2/c1-18-10-9-14(7-8-14)11-16-12-15(13-17)5-3-2-4-6-15/h16-17H,2-13H2,1H3. The zero-order chi connectivity index (χ0) is 12.9. The Kier molecular flexibility index (Phi) is 5.05. The van der Waals surface area contributed by atoms with Gasteiger partial charge in [0, 0.05) is 38.8 Å². The van der Waals surface area contributed by atoms with Crippen molar-refractivity contribution in [1.29, 1.82) is 0 Å². The van der Waals surface area contributed by atoms with Gasteiger partial charge in [0.05, 0.1) is 0 Å². The maximum Gasteiger partial charge on any atom is 0.0499 e. The van der Waals surface area contributed by atoms with Crippen LogP contribution in [0.1, 0.15) is 51.4 Å². The van der Waals surface area contributed by atoms with Crippen LogP contribution in [-0.2, 0) is 4.74 Å². The summed E-state index contributed by atoms with van der Waals surface area (Å²) in [5, 5.41) is 13.3. The molecule has 0 heterocycles. The third kappa shape index (κ3) is 3.69. The molecule has 0 saturated heterocycles. The molecule has 0 radical (unpaired) electrons. The van der Waals surface area contributed by atoms with Crippen molar-refractivity contribution in [1.82, 2.24) is 5.32 Å². The van der Waals surface area contributed by atoms with Gasteiger partial charge in [0.2, 0.25) is 0 Å². The van der Waals surface area contributed by atoms with Gasteiger partial charge in [-0.1, -0.05) is 19.3 Å². The van der Waals surface area contributed by atoms with Gasteiger partial charge in [0.25, 0.3) is 0 Å². The van der Waals surface area contributed by atoms with Crippen molar-refractivity contribution in [3.63, 3.8) is 0 Å². The van der Waals surface area contributed by atoms with Crippen molar-refractivity contribution in [3.8, 4) is 0 Å². The highest BCUT2D eigenvalue weighted by molar-refractivity contribution is 4.95. The van der Waals surface area contributed by atoms with Gasteiger partial charge in [0.15, 0.2) is 0 Å². The number of ether oxygens (including phenoxy) is 1. The first-order valence-electron chi connectivity index (χ1n) is 7.55. The fourth-order valence-electron chi connectivity index (χ4n) is 3.30. The lowest BCUT2D eigenvalue weighted by atomic mass is 9.74. The van der Waals surface area contributed by atoms with Crippen LogP contribution in [-0.4, -0.2) is 38.5 Å². The summed E-state index contributed by atoms with van der Waals surface area (Å²) >= 11 is 0. The number of nitrogens with one attached hydrogen (secondary N) is 1. The topological polar surface area (TPSA) is 41.5 Å². The molecule has 0 atom stereocenters. The van der Waals surface area contributed by atoms with Crippen LogP contribution in [0.25, 0.3) is 0 Å². The Bertz CT molecular complexity index is 245. The lowest BCUT2D eigenvalue weighted by Gasteiger charge is -2.36. The highest BCUT2D eigenvalue weighted by Gasteiger charge is 2.42. The molecule has 0 amide bonds. The van der Waals surface area contributed by atoms with E-state index in [0.29, 0.717) is 12.0 Å². The highest BCUT2D eigenvalue weighted by atomic mass is 16.5. The van der Waals surface area contributed by atoms with Crippen molar-refractivity contribution in [2.45, 2.75) is 51.4 Å². The van der Waals surface area contributed by atoms with Gasteiger partial charge in [-0.2, -0.15) is 0 Å². The van der Waals surface area contributed by atoms with Crippen LogP contribution in [0.5, 0.6) is 0 Å². The minimum absolute atomic E-state index is 0.176. The predicted molar refractivity (Wildman–Crippen MR) is 73.6 cm³/mol. The molecule has 0 spiro atoms. The summed E-state index contributed by atoms with van der Waals surface area (Å²) in [5.41, 5.74) is 0.691. The number of rotatable bonds is 8. The minimum Gasteiger partial charge on any atom is -0.396 e. The molecule has 106 valence electrons. The Labute approximate surface area is 111 Å². The maximum atomic E-state index is 9.67. The zero-order valence-electron chi connectivity index (χ0n) is 11.8. The molecule has 0 unspecified atom stereocenters. The quantitative estimate of drug-likeness (QED) is 0.699. The monoisotopic (exact) mass is 255 g/mol. The Morgan fingerprint density at radius 1 is 1.00 bits per heavy atom. The van der Waals surface area contributed by atoms with Gasteiger partial charge < -0.3 is 15.2 Å². The van der Waals surface area contributed by atoms with E-state index in [9.17, 15) is 5.11 Å². The van der Waals surface area contributed by atoms with E-state index in [0.717, 1.165) is 19.7 Å². The summed E-state index contributed by atoms with van der Waals surface area (Å²) in [6.07, 6.45) is 10.2. The van der Waals surface area contributed by atoms with Crippen LogP contribution < -0.4 is 5.32 Å². The molecule has 0 aromatic heterocycles. The van der Waals surface area contributed by atoms with E-state index in [1.54, 1.807) is 7.11 Å². The third-order valence-electron chi connectivity index (χ3n) is 5.04. The van der Waals surface area contributed by atoms with Crippen LogP contribution in [0.15, 0.2) is 0 Å². The molecular weight excluding hydrogens is 226 g/mol. The van der Waals surface area contributed by atoms with Crippen molar-refractivity contribution >= 4 is 0 Å². The molecule has 2 aliphatic rings. The fraction of sp³-hybridized carbons (Fsp3) is 1.00. The average molecular weight is 255 g/mol. The SMILES string of the molecule is COCCC1(CNCC2(CO)CCCCC2)CC1. The summed E-state index contributed by atoms with van der Waals surface area (Å²) < 4.78 is 5.19. The lowest BCUT2D eigenvalue weighted by molar-refractivity contribution is 0.0790. The van der Waals surface area contributed by atoms with E-state index in [2.05, 4.69) is 5.32 Å². The lowest BCUT2D eigenvalue weighted by Crippen LogP contribution is -2.41. The van der Waals surface area contributed by atoms with E-state index < -0.39 is 0 Å². The fourth-order valence-corrected chi connectivity index (χ4v) is 3.30. The van der Waals surface area contributed by atoms with Gasteiger partial charge >= 0.3 is 0 Å². The molecule has 0 aromatic carbocycles. The van der Waals surface area contributed by atoms with Crippen molar-refractivity contribution in [2.24, 2.45) is 10.8 Å².